The Labute approximate surface area is 174 Å². The van der Waals surface area contributed by atoms with Crippen LogP contribution in [0.4, 0.5) is 0 Å². The van der Waals surface area contributed by atoms with Crippen molar-refractivity contribution in [1.82, 2.24) is 5.32 Å². The monoisotopic (exact) mass is 411 g/mol. The van der Waals surface area contributed by atoms with Crippen LogP contribution in [0.3, 0.4) is 0 Å². The van der Waals surface area contributed by atoms with Crippen molar-refractivity contribution >= 4 is 34.3 Å². The lowest BCUT2D eigenvalue weighted by Crippen LogP contribution is -2.36. The maximum absolute atomic E-state index is 13.2. The summed E-state index contributed by atoms with van der Waals surface area (Å²) in [5, 5.41) is 4.10. The quantitative estimate of drug-likeness (QED) is 0.625. The summed E-state index contributed by atoms with van der Waals surface area (Å²) in [6.45, 7) is 7.45. The maximum Gasteiger partial charge on any atom is 0.287 e. The van der Waals surface area contributed by atoms with Crippen molar-refractivity contribution in [3.05, 3.63) is 63.9 Å². The highest BCUT2D eigenvalue weighted by molar-refractivity contribution is 6.30. The van der Waals surface area contributed by atoms with Gasteiger partial charge in [-0.1, -0.05) is 23.7 Å². The molecule has 0 spiro atoms. The van der Waals surface area contributed by atoms with Crippen LogP contribution in [-0.2, 0) is 5.60 Å². The van der Waals surface area contributed by atoms with E-state index >= 15 is 0 Å². The number of aryl methyl sites for hydroxylation is 1. The number of benzene rings is 2. The first kappa shape index (κ1) is 19.5. The molecule has 150 valence electrons. The number of fused-ring (bicyclic) bond motifs is 3. The van der Waals surface area contributed by atoms with Gasteiger partial charge in [0.25, 0.3) is 5.91 Å². The van der Waals surface area contributed by atoms with Gasteiger partial charge in [-0.15, -0.1) is 0 Å². The van der Waals surface area contributed by atoms with E-state index in [1.54, 1.807) is 31.2 Å². The molecule has 1 amide bonds. The van der Waals surface area contributed by atoms with E-state index in [0.717, 1.165) is 5.56 Å². The predicted molar refractivity (Wildman–Crippen MR) is 112 cm³/mol. The summed E-state index contributed by atoms with van der Waals surface area (Å²) in [6, 6.07) is 10.8. The molecule has 1 aliphatic rings. The van der Waals surface area contributed by atoms with Crippen LogP contribution in [0.2, 0.25) is 5.02 Å². The lowest BCUT2D eigenvalue weighted by Gasteiger charge is -2.35. The zero-order valence-electron chi connectivity index (χ0n) is 16.8. The third-order valence-electron chi connectivity index (χ3n) is 5.25. The van der Waals surface area contributed by atoms with Gasteiger partial charge in [0.2, 0.25) is 0 Å². The van der Waals surface area contributed by atoms with Gasteiger partial charge in [0.15, 0.2) is 11.5 Å². The molecule has 0 fully saturated rings. The second-order valence-electron chi connectivity index (χ2n) is 7.94. The lowest BCUT2D eigenvalue weighted by atomic mass is 9.84. The van der Waals surface area contributed by atoms with E-state index in [4.69, 9.17) is 20.8 Å². The standard InChI is InChI=1S/C23H22ClNO4/c1-12(2)25-22(27)21-13(3)19-17(28-21)9-10-18-20(19)16(26)11-23(4,29-18)14-5-7-15(24)8-6-14/h5-10,12H,11H2,1-4H3,(H,25,27)/t23-/m1/s1. The summed E-state index contributed by atoms with van der Waals surface area (Å²) in [6.07, 6.45) is 0.179. The minimum Gasteiger partial charge on any atom is -0.482 e. The van der Waals surface area contributed by atoms with Crippen molar-refractivity contribution in [3.63, 3.8) is 0 Å². The first-order valence-corrected chi connectivity index (χ1v) is 9.92. The van der Waals surface area contributed by atoms with Crippen LogP contribution in [0.25, 0.3) is 11.0 Å². The molecule has 2 aromatic carbocycles. The summed E-state index contributed by atoms with van der Waals surface area (Å²) in [7, 11) is 0. The molecule has 29 heavy (non-hydrogen) atoms. The smallest absolute Gasteiger partial charge is 0.287 e. The number of rotatable bonds is 3. The zero-order chi connectivity index (χ0) is 20.9. The van der Waals surface area contributed by atoms with Gasteiger partial charge in [-0.2, -0.15) is 0 Å². The van der Waals surface area contributed by atoms with Crippen LogP contribution in [-0.4, -0.2) is 17.7 Å². The zero-order valence-corrected chi connectivity index (χ0v) is 17.5. The molecule has 3 aromatic rings. The molecule has 5 nitrogen and oxygen atoms in total. The first-order valence-electron chi connectivity index (χ1n) is 9.55. The Morgan fingerprint density at radius 2 is 1.86 bits per heavy atom. The molecule has 2 heterocycles. The number of hydrogen-bond donors (Lipinski definition) is 1. The predicted octanol–water partition coefficient (Wildman–Crippen LogP) is 5.41. The van der Waals surface area contributed by atoms with Crippen molar-refractivity contribution in [2.75, 3.05) is 0 Å². The molecule has 1 atom stereocenters. The van der Waals surface area contributed by atoms with E-state index in [2.05, 4.69) is 5.32 Å². The molecular weight excluding hydrogens is 390 g/mol. The van der Waals surface area contributed by atoms with E-state index in [9.17, 15) is 9.59 Å². The molecule has 0 saturated heterocycles. The van der Waals surface area contributed by atoms with Crippen molar-refractivity contribution < 1.29 is 18.7 Å². The molecule has 0 unspecified atom stereocenters. The highest BCUT2D eigenvalue weighted by Crippen LogP contribution is 2.44. The summed E-state index contributed by atoms with van der Waals surface area (Å²) in [5.74, 6) is 0.374. The topological polar surface area (TPSA) is 68.5 Å². The van der Waals surface area contributed by atoms with Gasteiger partial charge in [-0.05, 0) is 57.5 Å². The number of carbonyl (C=O) groups is 2. The molecule has 1 aromatic heterocycles. The average Bonchev–Trinajstić information content (AvgIpc) is 2.98. The van der Waals surface area contributed by atoms with Gasteiger partial charge in [0, 0.05) is 22.0 Å². The Kier molecular flexibility index (Phi) is 4.66. The van der Waals surface area contributed by atoms with Gasteiger partial charge in [-0.25, -0.2) is 0 Å². The third kappa shape index (κ3) is 3.29. The highest BCUT2D eigenvalue weighted by Gasteiger charge is 2.40. The molecule has 0 aliphatic carbocycles. The van der Waals surface area contributed by atoms with E-state index in [1.165, 1.54) is 0 Å². The van der Waals surface area contributed by atoms with Gasteiger partial charge in [0.1, 0.15) is 16.9 Å². The van der Waals surface area contributed by atoms with E-state index in [0.29, 0.717) is 32.9 Å². The van der Waals surface area contributed by atoms with Crippen LogP contribution >= 0.6 is 11.6 Å². The number of nitrogens with one attached hydrogen (secondary N) is 1. The maximum atomic E-state index is 13.2. The van der Waals surface area contributed by atoms with Gasteiger partial charge >= 0.3 is 0 Å². The minimum atomic E-state index is -0.794. The molecule has 0 bridgehead atoms. The van der Waals surface area contributed by atoms with Crippen molar-refractivity contribution in [1.29, 1.82) is 0 Å². The summed E-state index contributed by atoms with van der Waals surface area (Å²) in [4.78, 5) is 25.7. The van der Waals surface area contributed by atoms with E-state index < -0.39 is 5.60 Å². The third-order valence-corrected chi connectivity index (χ3v) is 5.50. The molecule has 0 saturated carbocycles. The van der Waals surface area contributed by atoms with E-state index in [-0.39, 0.29) is 29.9 Å². The normalized spacial score (nSPS) is 18.6. The lowest BCUT2D eigenvalue weighted by molar-refractivity contribution is 0.0507. The summed E-state index contributed by atoms with van der Waals surface area (Å²) >= 11 is 6.00. The Balaban J connectivity index is 1.81. The number of ether oxygens (including phenoxy) is 1. The Morgan fingerprint density at radius 1 is 1.17 bits per heavy atom. The van der Waals surface area contributed by atoms with Gasteiger partial charge in [-0.3, -0.25) is 9.59 Å². The summed E-state index contributed by atoms with van der Waals surface area (Å²) in [5.41, 5.74) is 1.70. The Morgan fingerprint density at radius 3 is 2.52 bits per heavy atom. The number of ketones is 1. The van der Waals surface area contributed by atoms with Crippen LogP contribution < -0.4 is 10.1 Å². The van der Waals surface area contributed by atoms with Crippen LogP contribution in [0.1, 0.15) is 59.2 Å². The van der Waals surface area contributed by atoms with Crippen molar-refractivity contribution in [3.8, 4) is 5.75 Å². The fourth-order valence-corrected chi connectivity index (χ4v) is 3.99. The van der Waals surface area contributed by atoms with Crippen LogP contribution in [0, 0.1) is 6.92 Å². The second-order valence-corrected chi connectivity index (χ2v) is 8.37. The minimum absolute atomic E-state index is 0.0194. The SMILES string of the molecule is Cc1c(C(=O)NC(C)C)oc2ccc3c(c12)C(=O)C[C@](C)(c1ccc(Cl)cc1)O3. The Hall–Kier alpha value is -2.79. The van der Waals surface area contributed by atoms with Crippen LogP contribution in [0.15, 0.2) is 40.8 Å². The fourth-order valence-electron chi connectivity index (χ4n) is 3.87. The second kappa shape index (κ2) is 6.92. The van der Waals surface area contributed by atoms with E-state index in [1.807, 2.05) is 32.9 Å². The van der Waals surface area contributed by atoms with Crippen molar-refractivity contribution in [2.45, 2.75) is 45.8 Å². The number of furan rings is 1. The summed E-state index contributed by atoms with van der Waals surface area (Å²) < 4.78 is 12.1. The Bertz CT molecular complexity index is 1130. The van der Waals surface area contributed by atoms with Gasteiger partial charge < -0.3 is 14.5 Å². The number of amides is 1. The largest absolute Gasteiger partial charge is 0.482 e. The number of hydrogen-bond acceptors (Lipinski definition) is 4. The molecule has 1 aliphatic heterocycles. The average molecular weight is 412 g/mol. The first-order chi connectivity index (χ1) is 13.7. The molecule has 6 heteroatoms. The number of halogens is 1. The molecule has 1 N–H and O–H groups in total. The number of Topliss-reactive ketones (excluding diaryl/α,β-unsaturated/α-hetero) is 1. The van der Waals surface area contributed by atoms with Crippen LogP contribution in [0.5, 0.6) is 5.75 Å². The number of carbonyl (C=O) groups excluding carboxylic acids is 2. The highest BCUT2D eigenvalue weighted by atomic mass is 35.5. The molecule has 0 radical (unpaired) electrons. The molecule has 4 rings (SSSR count). The van der Waals surface area contributed by atoms with Crippen molar-refractivity contribution in [2.24, 2.45) is 0 Å². The fraction of sp³-hybridized carbons (Fsp3) is 0.304. The van der Waals surface area contributed by atoms with Gasteiger partial charge in [0.05, 0.1) is 12.0 Å². The molecular formula is C23H22ClNO4.